The second-order valence-corrected chi connectivity index (χ2v) is 11.8. The molecule has 0 N–H and O–H groups in total. The monoisotopic (exact) mass is 700 g/mol. The van der Waals surface area contributed by atoms with Crippen molar-refractivity contribution in [3.05, 3.63) is 91.5 Å². The highest BCUT2D eigenvalue weighted by Crippen LogP contribution is 2.35. The summed E-state index contributed by atoms with van der Waals surface area (Å²) in [5.74, 6) is 0.179. The van der Waals surface area contributed by atoms with Crippen LogP contribution in [0.25, 0.3) is 6.08 Å². The zero-order chi connectivity index (χ0) is 26.1. The van der Waals surface area contributed by atoms with E-state index in [2.05, 4.69) is 43.5 Å². The van der Waals surface area contributed by atoms with Crippen LogP contribution in [0.15, 0.2) is 61.9 Å². The zero-order valence-corrected chi connectivity index (χ0v) is 25.3. The van der Waals surface area contributed by atoms with Crippen LogP contribution in [0.4, 0.5) is 0 Å². The van der Waals surface area contributed by atoms with Gasteiger partial charge in [-0.25, -0.2) is 9.79 Å². The van der Waals surface area contributed by atoms with Crippen molar-refractivity contribution in [3.8, 4) is 5.75 Å². The summed E-state index contributed by atoms with van der Waals surface area (Å²) in [5.41, 5.74) is 1.91. The van der Waals surface area contributed by atoms with E-state index < -0.39 is 12.0 Å². The van der Waals surface area contributed by atoms with Crippen molar-refractivity contribution < 1.29 is 14.3 Å². The number of halogens is 3. The molecule has 0 saturated heterocycles. The lowest BCUT2D eigenvalue weighted by Gasteiger charge is -2.25. The highest BCUT2D eigenvalue weighted by Gasteiger charge is 2.34. The first-order chi connectivity index (χ1) is 17.1. The lowest BCUT2D eigenvalue weighted by molar-refractivity contribution is -0.139. The average molecular weight is 702 g/mol. The molecule has 10 heteroatoms. The molecule has 0 amide bonds. The normalized spacial score (nSPS) is 15.7. The Kier molecular flexibility index (Phi) is 8.43. The summed E-state index contributed by atoms with van der Waals surface area (Å²) in [6.45, 7) is 7.61. The fourth-order valence-electron chi connectivity index (χ4n) is 3.97. The van der Waals surface area contributed by atoms with Crippen LogP contribution in [0.3, 0.4) is 0 Å². The summed E-state index contributed by atoms with van der Waals surface area (Å²) in [7, 11) is 0. The molecule has 0 saturated carbocycles. The smallest absolute Gasteiger partial charge is 0.338 e. The van der Waals surface area contributed by atoms with E-state index in [1.165, 1.54) is 15.9 Å². The number of hydrogen-bond acceptors (Lipinski definition) is 6. The fraction of sp³-hybridized carbons (Fsp3) is 0.269. The lowest BCUT2D eigenvalue weighted by atomic mass is 9.96. The molecule has 3 aromatic rings. The van der Waals surface area contributed by atoms with Gasteiger partial charge in [0.25, 0.3) is 5.56 Å². The van der Waals surface area contributed by atoms with E-state index in [9.17, 15) is 9.59 Å². The van der Waals surface area contributed by atoms with Crippen LogP contribution >= 0.6 is 61.5 Å². The van der Waals surface area contributed by atoms with Crippen molar-refractivity contribution in [1.29, 1.82) is 0 Å². The van der Waals surface area contributed by atoms with Crippen LogP contribution in [-0.4, -0.2) is 23.2 Å². The Bertz CT molecular complexity index is 1560. The Morgan fingerprint density at radius 2 is 2.06 bits per heavy atom. The lowest BCUT2D eigenvalue weighted by Crippen LogP contribution is -2.40. The van der Waals surface area contributed by atoms with Crippen molar-refractivity contribution >= 4 is 73.5 Å². The van der Waals surface area contributed by atoms with Crippen LogP contribution in [0, 0.1) is 3.57 Å². The number of esters is 1. The molecule has 2 heterocycles. The Balaban J connectivity index is 1.99. The number of hydrogen-bond donors (Lipinski definition) is 0. The van der Waals surface area contributed by atoms with Crippen LogP contribution in [0.2, 0.25) is 5.02 Å². The molecule has 0 radical (unpaired) electrons. The quantitative estimate of drug-likeness (QED) is 0.248. The summed E-state index contributed by atoms with van der Waals surface area (Å²) in [4.78, 5) is 32.0. The van der Waals surface area contributed by atoms with Gasteiger partial charge in [-0.2, -0.15) is 0 Å². The Morgan fingerprint density at radius 1 is 1.33 bits per heavy atom. The van der Waals surface area contributed by atoms with Crippen molar-refractivity contribution in [2.75, 3.05) is 6.61 Å². The first-order valence-corrected chi connectivity index (χ1v) is 14.3. The SMILES string of the molecule is CCOC(=O)C1=C(C)N=c2s/c(=C\c3cc(Br)cc(I)c3OC(C)C)c(=O)n2[C@H]1c1ccccc1Cl. The molecule has 0 bridgehead atoms. The molecule has 36 heavy (non-hydrogen) atoms. The van der Waals surface area contributed by atoms with Crippen molar-refractivity contribution in [2.24, 2.45) is 4.99 Å². The van der Waals surface area contributed by atoms with E-state index in [1.54, 1.807) is 26.0 Å². The van der Waals surface area contributed by atoms with Gasteiger partial charge < -0.3 is 9.47 Å². The molecule has 0 fully saturated rings. The molecule has 0 spiro atoms. The van der Waals surface area contributed by atoms with Gasteiger partial charge in [0, 0.05) is 15.1 Å². The molecule has 4 rings (SSSR count). The van der Waals surface area contributed by atoms with E-state index in [0.29, 0.717) is 36.9 Å². The molecule has 6 nitrogen and oxygen atoms in total. The van der Waals surface area contributed by atoms with Gasteiger partial charge in [0.2, 0.25) is 0 Å². The maximum absolute atomic E-state index is 13.9. The maximum atomic E-state index is 13.9. The number of thiazole rings is 1. The number of allylic oxidation sites excluding steroid dienone is 1. The number of carbonyl (C=O) groups is 1. The maximum Gasteiger partial charge on any atom is 0.338 e. The third-order valence-electron chi connectivity index (χ3n) is 5.39. The minimum Gasteiger partial charge on any atom is -0.489 e. The third kappa shape index (κ3) is 5.34. The first-order valence-electron chi connectivity index (χ1n) is 11.2. The molecule has 0 unspecified atom stereocenters. The third-order valence-corrected chi connectivity index (χ3v) is 7.98. The minimum absolute atomic E-state index is 0.0388. The highest BCUT2D eigenvalue weighted by molar-refractivity contribution is 14.1. The number of fused-ring (bicyclic) bond motifs is 1. The van der Waals surface area contributed by atoms with E-state index >= 15 is 0 Å². The summed E-state index contributed by atoms with van der Waals surface area (Å²) in [5, 5.41) is 0.447. The second kappa shape index (κ2) is 11.2. The number of rotatable bonds is 6. The number of benzene rings is 2. The molecule has 1 aliphatic rings. The van der Waals surface area contributed by atoms with Gasteiger partial charge in [-0.3, -0.25) is 9.36 Å². The van der Waals surface area contributed by atoms with Crippen LogP contribution in [0.5, 0.6) is 5.75 Å². The Morgan fingerprint density at radius 3 is 2.72 bits per heavy atom. The molecular formula is C26H23BrClIN2O4S. The van der Waals surface area contributed by atoms with Gasteiger partial charge in [-0.05, 0) is 80.1 Å². The Hall–Kier alpha value is -1.95. The average Bonchev–Trinajstić information content (AvgIpc) is 3.10. The zero-order valence-electron chi connectivity index (χ0n) is 20.0. The van der Waals surface area contributed by atoms with Gasteiger partial charge in [0.15, 0.2) is 4.80 Å². The van der Waals surface area contributed by atoms with E-state index in [0.717, 1.165) is 13.6 Å². The minimum atomic E-state index is -0.759. The van der Waals surface area contributed by atoms with Gasteiger partial charge in [-0.1, -0.05) is 57.1 Å². The van der Waals surface area contributed by atoms with Gasteiger partial charge in [0.1, 0.15) is 11.8 Å². The fourth-order valence-corrected chi connectivity index (χ4v) is 6.93. The molecule has 188 valence electrons. The molecule has 0 aliphatic carbocycles. The summed E-state index contributed by atoms with van der Waals surface area (Å²) >= 11 is 13.6. The van der Waals surface area contributed by atoms with Crippen LogP contribution < -0.4 is 19.6 Å². The van der Waals surface area contributed by atoms with Gasteiger partial charge in [-0.15, -0.1) is 0 Å². The van der Waals surface area contributed by atoms with Crippen molar-refractivity contribution in [1.82, 2.24) is 4.57 Å². The highest BCUT2D eigenvalue weighted by atomic mass is 127. The topological polar surface area (TPSA) is 69.9 Å². The second-order valence-electron chi connectivity index (χ2n) is 8.30. The number of nitrogens with zero attached hydrogens (tertiary/aromatic N) is 2. The van der Waals surface area contributed by atoms with Crippen LogP contribution in [-0.2, 0) is 9.53 Å². The predicted molar refractivity (Wildman–Crippen MR) is 154 cm³/mol. The van der Waals surface area contributed by atoms with Crippen molar-refractivity contribution in [2.45, 2.75) is 39.8 Å². The number of aromatic nitrogens is 1. The van der Waals surface area contributed by atoms with E-state index in [-0.39, 0.29) is 18.3 Å². The van der Waals surface area contributed by atoms with Crippen LogP contribution in [0.1, 0.15) is 44.9 Å². The Labute approximate surface area is 239 Å². The summed E-state index contributed by atoms with van der Waals surface area (Å²) in [6, 6.07) is 10.3. The molecule has 1 aromatic heterocycles. The standard InChI is InChI=1S/C26H23BrClIN2O4S/c1-5-34-25(33)21-14(4)30-26-31(22(21)17-8-6-7-9-18(17)28)24(32)20(36-26)11-15-10-16(27)12-19(29)23(15)35-13(2)3/h6-13,22H,5H2,1-4H3/b20-11-/t22-/m0/s1. The largest absolute Gasteiger partial charge is 0.489 e. The first kappa shape index (κ1) is 27.1. The summed E-state index contributed by atoms with van der Waals surface area (Å²) < 4.78 is 15.2. The molecule has 1 atom stereocenters. The summed E-state index contributed by atoms with van der Waals surface area (Å²) in [6.07, 6.45) is 1.77. The molecule has 2 aromatic carbocycles. The van der Waals surface area contributed by atoms with Gasteiger partial charge >= 0.3 is 5.97 Å². The van der Waals surface area contributed by atoms with Gasteiger partial charge in [0.05, 0.1) is 32.1 Å². The van der Waals surface area contributed by atoms with E-state index in [1.807, 2.05) is 44.2 Å². The molecule has 1 aliphatic heterocycles. The number of carbonyl (C=O) groups excluding carboxylic acids is 1. The van der Waals surface area contributed by atoms with Crippen molar-refractivity contribution in [3.63, 3.8) is 0 Å². The van der Waals surface area contributed by atoms with E-state index in [4.69, 9.17) is 21.1 Å². The predicted octanol–water partition coefficient (Wildman–Crippen LogP) is 5.61. The molecular weight excluding hydrogens is 679 g/mol. The number of ether oxygens (including phenoxy) is 2.